The van der Waals surface area contributed by atoms with E-state index < -0.39 is 0 Å². The Kier molecular flexibility index (Phi) is 4.12. The van der Waals surface area contributed by atoms with E-state index in [1.165, 1.54) is 0 Å². The summed E-state index contributed by atoms with van der Waals surface area (Å²) in [6, 6.07) is 7.70. The molecular weight excluding hydrogens is 226 g/mol. The molecule has 0 saturated heterocycles. The second kappa shape index (κ2) is 6.00. The Balaban J connectivity index is 1.91. The average Bonchev–Trinajstić information content (AvgIpc) is 2.91. The van der Waals surface area contributed by atoms with Crippen LogP contribution in [-0.4, -0.2) is 22.4 Å². The highest BCUT2D eigenvalue weighted by Gasteiger charge is 2.08. The molecule has 0 aliphatic heterocycles. The number of amides is 1. The summed E-state index contributed by atoms with van der Waals surface area (Å²) in [6.07, 6.45) is 5.07. The molecule has 0 aliphatic carbocycles. The van der Waals surface area contributed by atoms with Crippen LogP contribution in [0.4, 0.5) is 0 Å². The minimum atomic E-state index is -0.0148. The second-order valence-corrected chi connectivity index (χ2v) is 4.05. The second-order valence-electron chi connectivity index (χ2n) is 4.05. The van der Waals surface area contributed by atoms with Crippen LogP contribution in [0.5, 0.6) is 0 Å². The van der Waals surface area contributed by atoms with Crippen LogP contribution in [0.2, 0.25) is 0 Å². The Morgan fingerprint density at radius 3 is 2.94 bits per heavy atom. The Morgan fingerprint density at radius 2 is 2.22 bits per heavy atom. The van der Waals surface area contributed by atoms with Crippen LogP contribution in [0, 0.1) is 0 Å². The third kappa shape index (κ3) is 2.97. The zero-order valence-corrected chi connectivity index (χ0v) is 10.4. The van der Waals surface area contributed by atoms with Crippen LogP contribution >= 0.6 is 0 Å². The van der Waals surface area contributed by atoms with E-state index in [1.807, 2.05) is 24.3 Å². The van der Waals surface area contributed by atoms with Crippen molar-refractivity contribution in [1.29, 1.82) is 0 Å². The monoisotopic (exact) mass is 243 g/mol. The summed E-state index contributed by atoms with van der Waals surface area (Å²) in [4.78, 5) is 19.1. The summed E-state index contributed by atoms with van der Waals surface area (Å²) in [6.45, 7) is 2.64. The molecule has 2 N–H and O–H groups in total. The van der Waals surface area contributed by atoms with Gasteiger partial charge in [0.2, 0.25) is 0 Å². The highest BCUT2D eigenvalue weighted by Crippen LogP contribution is 2.09. The van der Waals surface area contributed by atoms with Gasteiger partial charge in [-0.1, -0.05) is 25.1 Å². The number of rotatable bonds is 5. The number of H-pyrrole nitrogens is 1. The molecule has 0 bridgehead atoms. The highest BCUT2D eigenvalue weighted by molar-refractivity contribution is 5.95. The van der Waals surface area contributed by atoms with Gasteiger partial charge < -0.3 is 10.3 Å². The van der Waals surface area contributed by atoms with E-state index in [4.69, 9.17) is 0 Å². The first-order valence-electron chi connectivity index (χ1n) is 6.15. The van der Waals surface area contributed by atoms with E-state index in [9.17, 15) is 4.79 Å². The lowest BCUT2D eigenvalue weighted by molar-refractivity contribution is 0.0953. The number of hydrogen-bond acceptors (Lipinski definition) is 2. The van der Waals surface area contributed by atoms with Gasteiger partial charge >= 0.3 is 0 Å². The Bertz CT molecular complexity index is 506. The molecule has 1 heterocycles. The van der Waals surface area contributed by atoms with Gasteiger partial charge in [0.25, 0.3) is 5.91 Å². The van der Waals surface area contributed by atoms with Crippen molar-refractivity contribution in [2.24, 2.45) is 0 Å². The molecule has 1 aromatic heterocycles. The Hall–Kier alpha value is -2.10. The summed E-state index contributed by atoms with van der Waals surface area (Å²) in [5.41, 5.74) is 1.84. The van der Waals surface area contributed by atoms with Crippen LogP contribution in [-0.2, 0) is 12.8 Å². The van der Waals surface area contributed by atoms with Crippen molar-refractivity contribution in [2.75, 3.05) is 6.54 Å². The summed E-state index contributed by atoms with van der Waals surface area (Å²) in [7, 11) is 0. The molecule has 4 heteroatoms. The minimum Gasteiger partial charge on any atom is -0.352 e. The first-order valence-corrected chi connectivity index (χ1v) is 6.15. The van der Waals surface area contributed by atoms with Gasteiger partial charge in [-0.05, 0) is 18.1 Å². The normalized spacial score (nSPS) is 10.3. The van der Waals surface area contributed by atoms with Crippen molar-refractivity contribution in [3.63, 3.8) is 0 Å². The average molecular weight is 243 g/mol. The highest BCUT2D eigenvalue weighted by atomic mass is 16.1. The van der Waals surface area contributed by atoms with Gasteiger partial charge in [-0.3, -0.25) is 4.79 Å². The number of hydrogen-bond donors (Lipinski definition) is 2. The standard InChI is InChI=1S/C14H17N3O/c1-2-11-5-3-4-6-12(11)14(18)17-8-7-13-15-9-10-16-13/h3-6,9-10H,2,7-8H2,1H3,(H,15,16)(H,17,18). The number of imidazole rings is 1. The largest absolute Gasteiger partial charge is 0.352 e. The van der Waals surface area contributed by atoms with Crippen molar-refractivity contribution < 1.29 is 4.79 Å². The van der Waals surface area contributed by atoms with Crippen molar-refractivity contribution in [2.45, 2.75) is 19.8 Å². The molecule has 2 rings (SSSR count). The molecular formula is C14H17N3O. The molecule has 18 heavy (non-hydrogen) atoms. The smallest absolute Gasteiger partial charge is 0.251 e. The lowest BCUT2D eigenvalue weighted by Gasteiger charge is -2.08. The molecule has 0 aliphatic rings. The van der Waals surface area contributed by atoms with E-state index in [0.717, 1.165) is 23.4 Å². The van der Waals surface area contributed by atoms with Gasteiger partial charge in [-0.15, -0.1) is 0 Å². The lowest BCUT2D eigenvalue weighted by Crippen LogP contribution is -2.26. The lowest BCUT2D eigenvalue weighted by atomic mass is 10.0. The summed E-state index contributed by atoms with van der Waals surface area (Å²) in [5, 5.41) is 2.91. The molecule has 4 nitrogen and oxygen atoms in total. The van der Waals surface area contributed by atoms with E-state index in [2.05, 4.69) is 22.2 Å². The predicted octanol–water partition coefficient (Wildman–Crippen LogP) is 1.94. The molecule has 0 saturated carbocycles. The topological polar surface area (TPSA) is 57.8 Å². The van der Waals surface area contributed by atoms with Crippen LogP contribution in [0.3, 0.4) is 0 Å². The first kappa shape index (κ1) is 12.4. The van der Waals surface area contributed by atoms with Gasteiger partial charge in [0, 0.05) is 30.9 Å². The summed E-state index contributed by atoms with van der Waals surface area (Å²) < 4.78 is 0. The molecule has 0 atom stereocenters. The van der Waals surface area contributed by atoms with Gasteiger partial charge in [-0.2, -0.15) is 0 Å². The number of nitrogens with zero attached hydrogens (tertiary/aromatic N) is 1. The van der Waals surface area contributed by atoms with Crippen LogP contribution < -0.4 is 5.32 Å². The van der Waals surface area contributed by atoms with E-state index >= 15 is 0 Å². The SMILES string of the molecule is CCc1ccccc1C(=O)NCCc1ncc[nH]1. The zero-order valence-electron chi connectivity index (χ0n) is 10.4. The third-order valence-electron chi connectivity index (χ3n) is 2.85. The Labute approximate surface area is 106 Å². The van der Waals surface area contributed by atoms with Crippen LogP contribution in [0.1, 0.15) is 28.7 Å². The zero-order chi connectivity index (χ0) is 12.8. The number of nitrogens with one attached hydrogen (secondary N) is 2. The molecule has 0 radical (unpaired) electrons. The number of carbonyl (C=O) groups is 1. The third-order valence-corrected chi connectivity index (χ3v) is 2.85. The Morgan fingerprint density at radius 1 is 1.39 bits per heavy atom. The van der Waals surface area contributed by atoms with Crippen LogP contribution in [0.15, 0.2) is 36.7 Å². The minimum absolute atomic E-state index is 0.0148. The van der Waals surface area contributed by atoms with E-state index in [0.29, 0.717) is 13.0 Å². The maximum absolute atomic E-state index is 12.0. The van der Waals surface area contributed by atoms with Crippen molar-refractivity contribution in [3.05, 3.63) is 53.6 Å². The predicted molar refractivity (Wildman–Crippen MR) is 70.4 cm³/mol. The van der Waals surface area contributed by atoms with Crippen molar-refractivity contribution in [3.8, 4) is 0 Å². The fourth-order valence-corrected chi connectivity index (χ4v) is 1.87. The van der Waals surface area contributed by atoms with E-state index in [-0.39, 0.29) is 5.91 Å². The summed E-state index contributed by atoms with van der Waals surface area (Å²) in [5.74, 6) is 0.873. The van der Waals surface area contributed by atoms with Gasteiger partial charge in [0.05, 0.1) is 0 Å². The molecule has 1 aromatic carbocycles. The maximum atomic E-state index is 12.0. The molecule has 2 aromatic rings. The maximum Gasteiger partial charge on any atom is 0.251 e. The number of aromatic amines is 1. The molecule has 0 fully saturated rings. The fourth-order valence-electron chi connectivity index (χ4n) is 1.87. The van der Waals surface area contributed by atoms with Crippen molar-refractivity contribution >= 4 is 5.91 Å². The fraction of sp³-hybridized carbons (Fsp3) is 0.286. The quantitative estimate of drug-likeness (QED) is 0.843. The molecule has 0 spiro atoms. The number of benzene rings is 1. The number of carbonyl (C=O) groups excluding carboxylic acids is 1. The first-order chi connectivity index (χ1) is 8.81. The van der Waals surface area contributed by atoms with Crippen molar-refractivity contribution in [1.82, 2.24) is 15.3 Å². The van der Waals surface area contributed by atoms with E-state index in [1.54, 1.807) is 12.4 Å². The molecule has 1 amide bonds. The summed E-state index contributed by atoms with van der Waals surface area (Å²) >= 11 is 0. The number of aryl methyl sites for hydroxylation is 1. The van der Waals surface area contributed by atoms with Gasteiger partial charge in [0.15, 0.2) is 0 Å². The van der Waals surface area contributed by atoms with Gasteiger partial charge in [0.1, 0.15) is 5.82 Å². The van der Waals surface area contributed by atoms with Crippen LogP contribution in [0.25, 0.3) is 0 Å². The molecule has 94 valence electrons. The number of aromatic nitrogens is 2. The van der Waals surface area contributed by atoms with Gasteiger partial charge in [-0.25, -0.2) is 4.98 Å². The molecule has 0 unspecified atom stereocenters.